The highest BCUT2D eigenvalue weighted by molar-refractivity contribution is 5.99. The van der Waals surface area contributed by atoms with Crippen molar-refractivity contribution in [2.24, 2.45) is 5.92 Å². The molecule has 0 radical (unpaired) electrons. The van der Waals surface area contributed by atoms with Crippen molar-refractivity contribution < 1.29 is 14.6 Å². The number of benzene rings is 1. The molecule has 1 atom stereocenters. The molecule has 4 nitrogen and oxygen atoms in total. The number of phenolic OH excluding ortho intramolecular Hbond substituents is 1. The summed E-state index contributed by atoms with van der Waals surface area (Å²) in [5.41, 5.74) is 0.747. The van der Waals surface area contributed by atoms with Crippen molar-refractivity contribution in [3.8, 4) is 11.5 Å². The van der Waals surface area contributed by atoms with E-state index >= 15 is 0 Å². The van der Waals surface area contributed by atoms with Crippen LogP contribution in [-0.2, 0) is 4.79 Å². The van der Waals surface area contributed by atoms with Gasteiger partial charge in [0.1, 0.15) is 11.5 Å². The third-order valence-electron chi connectivity index (χ3n) is 3.08. The van der Waals surface area contributed by atoms with Crippen LogP contribution >= 0.6 is 0 Å². The molecule has 0 saturated carbocycles. The highest BCUT2D eigenvalue weighted by Gasteiger charge is 2.31. The number of ether oxygens (including phenoxy) is 1. The zero-order chi connectivity index (χ0) is 13.3. The summed E-state index contributed by atoms with van der Waals surface area (Å²) in [4.78, 5) is 13.9. The first-order valence-electron chi connectivity index (χ1n) is 6.30. The number of amides is 1. The molecule has 0 spiro atoms. The van der Waals surface area contributed by atoms with Gasteiger partial charge in [0.05, 0.1) is 5.69 Å². The minimum absolute atomic E-state index is 0.0196. The normalized spacial score (nSPS) is 18.8. The van der Waals surface area contributed by atoms with Gasteiger partial charge >= 0.3 is 0 Å². The molecule has 1 N–H and O–H groups in total. The molecule has 1 aliphatic rings. The Morgan fingerprint density at radius 3 is 2.83 bits per heavy atom. The molecule has 0 saturated heterocycles. The molecule has 4 heteroatoms. The molecule has 98 valence electrons. The second kappa shape index (κ2) is 4.88. The van der Waals surface area contributed by atoms with Crippen molar-refractivity contribution >= 4 is 11.6 Å². The SMILES string of the molecule is CC(C)CCN1C(=O)C(C)Oc2cc(O)ccc21. The molecule has 0 aromatic heterocycles. The second-order valence-electron chi connectivity index (χ2n) is 5.08. The van der Waals surface area contributed by atoms with E-state index in [1.807, 2.05) is 0 Å². The lowest BCUT2D eigenvalue weighted by Crippen LogP contribution is -2.45. The van der Waals surface area contributed by atoms with Crippen molar-refractivity contribution in [2.75, 3.05) is 11.4 Å². The smallest absolute Gasteiger partial charge is 0.267 e. The van der Waals surface area contributed by atoms with E-state index in [1.165, 1.54) is 0 Å². The molecule has 1 unspecified atom stereocenters. The lowest BCUT2D eigenvalue weighted by Gasteiger charge is -2.33. The number of nitrogens with zero attached hydrogens (tertiary/aromatic N) is 1. The number of aromatic hydroxyl groups is 1. The number of carbonyl (C=O) groups is 1. The summed E-state index contributed by atoms with van der Waals surface area (Å²) in [6.07, 6.45) is 0.449. The number of fused-ring (bicyclic) bond motifs is 1. The molecule has 1 aliphatic heterocycles. The summed E-state index contributed by atoms with van der Waals surface area (Å²) in [5.74, 6) is 1.25. The summed E-state index contributed by atoms with van der Waals surface area (Å²) in [6.45, 7) is 6.68. The van der Waals surface area contributed by atoms with Gasteiger partial charge in [-0.1, -0.05) is 13.8 Å². The van der Waals surface area contributed by atoms with E-state index in [4.69, 9.17) is 4.74 Å². The number of anilines is 1. The topological polar surface area (TPSA) is 49.8 Å². The van der Waals surface area contributed by atoms with Gasteiger partial charge in [0.15, 0.2) is 6.10 Å². The fourth-order valence-electron chi connectivity index (χ4n) is 2.02. The Kier molecular flexibility index (Phi) is 3.45. The maximum absolute atomic E-state index is 12.1. The summed E-state index contributed by atoms with van der Waals surface area (Å²) in [7, 11) is 0. The largest absolute Gasteiger partial charge is 0.508 e. The predicted octanol–water partition coefficient (Wildman–Crippen LogP) is 2.55. The van der Waals surface area contributed by atoms with Gasteiger partial charge in [-0.3, -0.25) is 4.79 Å². The monoisotopic (exact) mass is 249 g/mol. The van der Waals surface area contributed by atoms with Crippen molar-refractivity contribution in [1.82, 2.24) is 0 Å². The predicted molar refractivity (Wildman–Crippen MR) is 70.0 cm³/mol. The molecular formula is C14H19NO3. The molecule has 0 fully saturated rings. The van der Waals surface area contributed by atoms with Gasteiger partial charge in [-0.05, 0) is 31.4 Å². The van der Waals surface area contributed by atoms with Crippen molar-refractivity contribution in [3.63, 3.8) is 0 Å². The standard InChI is InChI=1S/C14H19NO3/c1-9(2)6-7-15-12-5-4-11(16)8-13(12)18-10(3)14(15)17/h4-5,8-10,16H,6-7H2,1-3H3. The van der Waals surface area contributed by atoms with E-state index in [0.29, 0.717) is 18.2 Å². The minimum atomic E-state index is -0.494. The number of hydrogen-bond acceptors (Lipinski definition) is 3. The van der Waals surface area contributed by atoms with Crippen LogP contribution in [0.2, 0.25) is 0 Å². The van der Waals surface area contributed by atoms with Crippen LogP contribution in [0.4, 0.5) is 5.69 Å². The molecule has 0 aliphatic carbocycles. The molecule has 1 heterocycles. The Morgan fingerprint density at radius 1 is 1.44 bits per heavy atom. The highest BCUT2D eigenvalue weighted by atomic mass is 16.5. The zero-order valence-corrected chi connectivity index (χ0v) is 11.0. The number of hydrogen-bond donors (Lipinski definition) is 1. The van der Waals surface area contributed by atoms with Crippen LogP contribution in [-0.4, -0.2) is 23.7 Å². The molecule has 2 rings (SSSR count). The van der Waals surface area contributed by atoms with Crippen molar-refractivity contribution in [3.05, 3.63) is 18.2 Å². The fraction of sp³-hybridized carbons (Fsp3) is 0.500. The Bertz CT molecular complexity index is 456. The second-order valence-corrected chi connectivity index (χ2v) is 5.08. The van der Waals surface area contributed by atoms with Gasteiger partial charge in [-0.15, -0.1) is 0 Å². The van der Waals surface area contributed by atoms with E-state index < -0.39 is 6.10 Å². The summed E-state index contributed by atoms with van der Waals surface area (Å²) < 4.78 is 5.51. The van der Waals surface area contributed by atoms with Crippen LogP contribution in [0.1, 0.15) is 27.2 Å². The first-order valence-corrected chi connectivity index (χ1v) is 6.30. The third kappa shape index (κ3) is 2.42. The first-order chi connectivity index (χ1) is 8.49. The van der Waals surface area contributed by atoms with Crippen LogP contribution in [0.15, 0.2) is 18.2 Å². The average Bonchev–Trinajstić information content (AvgIpc) is 2.29. The average molecular weight is 249 g/mol. The fourth-order valence-corrected chi connectivity index (χ4v) is 2.02. The third-order valence-corrected chi connectivity index (χ3v) is 3.08. The van der Waals surface area contributed by atoms with Gasteiger partial charge < -0.3 is 14.7 Å². The van der Waals surface area contributed by atoms with Gasteiger partial charge in [-0.25, -0.2) is 0 Å². The van der Waals surface area contributed by atoms with Crippen molar-refractivity contribution in [1.29, 1.82) is 0 Å². The number of carbonyl (C=O) groups excluding carboxylic acids is 1. The molecule has 1 aromatic carbocycles. The van der Waals surface area contributed by atoms with E-state index in [-0.39, 0.29) is 11.7 Å². The molecule has 1 aromatic rings. The maximum atomic E-state index is 12.1. The zero-order valence-electron chi connectivity index (χ0n) is 11.0. The Balaban J connectivity index is 2.30. The van der Waals surface area contributed by atoms with E-state index in [2.05, 4.69) is 13.8 Å². The number of rotatable bonds is 3. The summed E-state index contributed by atoms with van der Waals surface area (Å²) >= 11 is 0. The van der Waals surface area contributed by atoms with E-state index in [1.54, 1.807) is 30.0 Å². The van der Waals surface area contributed by atoms with Gasteiger partial charge in [0.25, 0.3) is 5.91 Å². The van der Waals surface area contributed by atoms with Gasteiger partial charge in [0.2, 0.25) is 0 Å². The van der Waals surface area contributed by atoms with Gasteiger partial charge in [-0.2, -0.15) is 0 Å². The highest BCUT2D eigenvalue weighted by Crippen LogP contribution is 2.36. The molecule has 0 bridgehead atoms. The van der Waals surface area contributed by atoms with Crippen LogP contribution in [0.25, 0.3) is 0 Å². The lowest BCUT2D eigenvalue weighted by atomic mass is 10.1. The summed E-state index contributed by atoms with van der Waals surface area (Å²) in [6, 6.07) is 4.86. The molecular weight excluding hydrogens is 230 g/mol. The molecule has 18 heavy (non-hydrogen) atoms. The Hall–Kier alpha value is -1.71. The van der Waals surface area contributed by atoms with Crippen LogP contribution in [0, 0.1) is 5.92 Å². The quantitative estimate of drug-likeness (QED) is 0.895. The maximum Gasteiger partial charge on any atom is 0.267 e. The Labute approximate surface area is 107 Å². The van der Waals surface area contributed by atoms with E-state index in [0.717, 1.165) is 12.1 Å². The van der Waals surface area contributed by atoms with Gasteiger partial charge in [0, 0.05) is 12.6 Å². The van der Waals surface area contributed by atoms with Crippen LogP contribution < -0.4 is 9.64 Å². The first kappa shape index (κ1) is 12.7. The summed E-state index contributed by atoms with van der Waals surface area (Å²) in [5, 5.41) is 9.46. The number of phenols is 1. The molecule has 1 amide bonds. The van der Waals surface area contributed by atoms with Crippen LogP contribution in [0.3, 0.4) is 0 Å². The van der Waals surface area contributed by atoms with Crippen molar-refractivity contribution in [2.45, 2.75) is 33.3 Å². The van der Waals surface area contributed by atoms with E-state index in [9.17, 15) is 9.90 Å². The lowest BCUT2D eigenvalue weighted by molar-refractivity contribution is -0.125. The van der Waals surface area contributed by atoms with Crippen LogP contribution in [0.5, 0.6) is 11.5 Å². The Morgan fingerprint density at radius 2 is 2.17 bits per heavy atom. The minimum Gasteiger partial charge on any atom is -0.508 e.